The van der Waals surface area contributed by atoms with Crippen LogP contribution < -0.4 is 4.18 Å². The van der Waals surface area contributed by atoms with Gasteiger partial charge in [0.15, 0.2) is 0 Å². The number of rotatable bonds is 8. The maximum Gasteiger partial charge on any atom is 0.339 e. The maximum absolute atomic E-state index is 14.4. The first-order chi connectivity index (χ1) is 17.2. The molecule has 0 aromatic heterocycles. The molecule has 0 fully saturated rings. The molecule has 4 aromatic rings. The molecule has 0 atom stereocenters. The fraction of sp³-hybridized carbons (Fsp3) is 0.0741. The van der Waals surface area contributed by atoms with Crippen molar-refractivity contribution in [2.75, 3.05) is 0 Å². The van der Waals surface area contributed by atoms with Crippen LogP contribution in [0.15, 0.2) is 102 Å². The van der Waals surface area contributed by atoms with Gasteiger partial charge in [0.2, 0.25) is 0 Å². The van der Waals surface area contributed by atoms with Crippen molar-refractivity contribution >= 4 is 16.0 Å². The Morgan fingerprint density at radius 3 is 1.97 bits per heavy atom. The number of amides is 1. The highest BCUT2D eigenvalue weighted by Gasteiger charge is 2.23. The number of para-hydroxylation sites is 1. The van der Waals surface area contributed by atoms with E-state index < -0.39 is 33.5 Å². The molecule has 0 aliphatic carbocycles. The molecular formula is C27H20F3NO4S. The Kier molecular flexibility index (Phi) is 7.40. The average molecular weight is 512 g/mol. The molecular weight excluding hydrogens is 491 g/mol. The summed E-state index contributed by atoms with van der Waals surface area (Å²) in [6, 6.07) is 21.3. The van der Waals surface area contributed by atoms with E-state index in [4.69, 9.17) is 4.18 Å². The van der Waals surface area contributed by atoms with E-state index >= 15 is 0 Å². The maximum atomic E-state index is 14.4. The number of hydrogen-bond donors (Lipinski definition) is 0. The van der Waals surface area contributed by atoms with E-state index in [1.54, 1.807) is 18.2 Å². The molecule has 0 spiro atoms. The van der Waals surface area contributed by atoms with Crippen LogP contribution in [0.3, 0.4) is 0 Å². The van der Waals surface area contributed by atoms with E-state index in [9.17, 15) is 26.4 Å². The lowest BCUT2D eigenvalue weighted by molar-refractivity contribution is 0.0724. The summed E-state index contributed by atoms with van der Waals surface area (Å²) in [5, 5.41) is 0. The van der Waals surface area contributed by atoms with Crippen molar-refractivity contribution < 1.29 is 30.6 Å². The van der Waals surface area contributed by atoms with Crippen molar-refractivity contribution in [3.8, 4) is 5.75 Å². The van der Waals surface area contributed by atoms with Crippen LogP contribution in [0.1, 0.15) is 21.5 Å². The number of nitrogens with zero attached hydrogens (tertiary/aromatic N) is 1. The van der Waals surface area contributed by atoms with Gasteiger partial charge in [-0.3, -0.25) is 4.79 Å². The standard InChI is InChI=1S/C27H20F3NO4S/c28-21-11-9-19(10-12-21)17-31(27(32)24-6-2-3-7-25(24)30)18-20-5-1-4-8-26(20)35-36(33,34)23-15-13-22(29)14-16-23/h1-16H,17-18H2. The minimum atomic E-state index is -4.30. The van der Waals surface area contributed by atoms with Crippen molar-refractivity contribution in [2.45, 2.75) is 18.0 Å². The summed E-state index contributed by atoms with van der Waals surface area (Å²) in [5.74, 6) is -2.45. The summed E-state index contributed by atoms with van der Waals surface area (Å²) >= 11 is 0. The van der Waals surface area contributed by atoms with Gasteiger partial charge in [0.1, 0.15) is 28.1 Å². The number of halogens is 3. The number of benzene rings is 4. The molecule has 0 heterocycles. The van der Waals surface area contributed by atoms with Gasteiger partial charge < -0.3 is 9.08 Å². The van der Waals surface area contributed by atoms with E-state index in [2.05, 4.69) is 0 Å². The summed E-state index contributed by atoms with van der Waals surface area (Å²) in [6.07, 6.45) is 0. The van der Waals surface area contributed by atoms with Gasteiger partial charge in [-0.15, -0.1) is 0 Å². The van der Waals surface area contributed by atoms with Crippen LogP contribution in [0.5, 0.6) is 5.75 Å². The number of carbonyl (C=O) groups excluding carboxylic acids is 1. The molecule has 0 N–H and O–H groups in total. The van der Waals surface area contributed by atoms with Crippen LogP contribution in [0.25, 0.3) is 0 Å². The zero-order valence-electron chi connectivity index (χ0n) is 18.8. The second-order valence-corrected chi connectivity index (χ2v) is 9.41. The van der Waals surface area contributed by atoms with Crippen molar-refractivity contribution in [1.29, 1.82) is 0 Å². The van der Waals surface area contributed by atoms with Gasteiger partial charge in [-0.25, -0.2) is 13.2 Å². The Morgan fingerprint density at radius 1 is 0.722 bits per heavy atom. The normalized spacial score (nSPS) is 11.2. The van der Waals surface area contributed by atoms with Crippen molar-refractivity contribution in [1.82, 2.24) is 4.90 Å². The predicted octanol–water partition coefficient (Wildman–Crippen LogP) is 5.71. The summed E-state index contributed by atoms with van der Waals surface area (Å²) in [5.41, 5.74) is 0.741. The zero-order valence-corrected chi connectivity index (χ0v) is 19.6. The second kappa shape index (κ2) is 10.7. The fourth-order valence-electron chi connectivity index (χ4n) is 3.50. The predicted molar refractivity (Wildman–Crippen MR) is 127 cm³/mol. The highest BCUT2D eigenvalue weighted by molar-refractivity contribution is 7.87. The quantitative estimate of drug-likeness (QED) is 0.284. The van der Waals surface area contributed by atoms with E-state index in [1.807, 2.05) is 0 Å². The molecule has 0 bridgehead atoms. The molecule has 0 aliphatic rings. The molecule has 0 radical (unpaired) electrons. The average Bonchev–Trinajstić information content (AvgIpc) is 2.86. The van der Waals surface area contributed by atoms with Gasteiger partial charge in [-0.05, 0) is 60.2 Å². The number of hydrogen-bond acceptors (Lipinski definition) is 4. The summed E-state index contributed by atoms with van der Waals surface area (Å²) < 4.78 is 71.9. The Morgan fingerprint density at radius 2 is 1.31 bits per heavy atom. The van der Waals surface area contributed by atoms with E-state index in [-0.39, 0.29) is 29.3 Å². The first kappa shape index (κ1) is 25.0. The van der Waals surface area contributed by atoms with E-state index in [0.29, 0.717) is 11.1 Å². The number of carbonyl (C=O) groups is 1. The monoisotopic (exact) mass is 511 g/mol. The summed E-state index contributed by atoms with van der Waals surface area (Å²) in [6.45, 7) is -0.147. The molecule has 4 rings (SSSR count). The second-order valence-electron chi connectivity index (χ2n) is 7.87. The summed E-state index contributed by atoms with van der Waals surface area (Å²) in [7, 11) is -4.30. The lowest BCUT2D eigenvalue weighted by Crippen LogP contribution is -2.31. The van der Waals surface area contributed by atoms with Crippen LogP contribution in [-0.2, 0) is 23.2 Å². The van der Waals surface area contributed by atoms with Gasteiger partial charge in [-0.1, -0.05) is 42.5 Å². The van der Waals surface area contributed by atoms with Crippen LogP contribution in [-0.4, -0.2) is 19.2 Å². The molecule has 0 saturated heterocycles. The largest absolute Gasteiger partial charge is 0.379 e. The Bertz CT molecular complexity index is 1470. The van der Waals surface area contributed by atoms with Gasteiger partial charge in [0.05, 0.1) is 12.1 Å². The van der Waals surface area contributed by atoms with Crippen molar-refractivity contribution in [2.24, 2.45) is 0 Å². The molecule has 184 valence electrons. The lowest BCUT2D eigenvalue weighted by Gasteiger charge is -2.24. The molecule has 1 amide bonds. The smallest absolute Gasteiger partial charge is 0.339 e. The first-order valence-electron chi connectivity index (χ1n) is 10.8. The summed E-state index contributed by atoms with van der Waals surface area (Å²) in [4.78, 5) is 14.4. The van der Waals surface area contributed by atoms with Crippen molar-refractivity contribution in [3.63, 3.8) is 0 Å². The molecule has 4 aromatic carbocycles. The fourth-order valence-corrected chi connectivity index (χ4v) is 4.47. The van der Waals surface area contributed by atoms with Crippen LogP contribution in [0.2, 0.25) is 0 Å². The molecule has 0 saturated carbocycles. The van der Waals surface area contributed by atoms with Crippen LogP contribution in [0, 0.1) is 17.5 Å². The Hall–Kier alpha value is -4.11. The highest BCUT2D eigenvalue weighted by Crippen LogP contribution is 2.26. The zero-order chi connectivity index (χ0) is 25.7. The third kappa shape index (κ3) is 5.92. The molecule has 0 aliphatic heterocycles. The van der Waals surface area contributed by atoms with Gasteiger partial charge in [0.25, 0.3) is 5.91 Å². The molecule has 9 heteroatoms. The third-order valence-corrected chi connectivity index (χ3v) is 6.56. The minimum absolute atomic E-state index is 0.00745. The van der Waals surface area contributed by atoms with Crippen LogP contribution >= 0.6 is 0 Å². The third-order valence-electron chi connectivity index (χ3n) is 5.31. The van der Waals surface area contributed by atoms with E-state index in [0.717, 1.165) is 30.3 Å². The van der Waals surface area contributed by atoms with E-state index in [1.165, 1.54) is 53.4 Å². The topological polar surface area (TPSA) is 63.7 Å². The highest BCUT2D eigenvalue weighted by atomic mass is 32.2. The van der Waals surface area contributed by atoms with Gasteiger partial charge in [-0.2, -0.15) is 8.42 Å². The van der Waals surface area contributed by atoms with Gasteiger partial charge in [0, 0.05) is 12.1 Å². The molecule has 36 heavy (non-hydrogen) atoms. The van der Waals surface area contributed by atoms with Crippen LogP contribution in [0.4, 0.5) is 13.2 Å². The first-order valence-corrected chi connectivity index (χ1v) is 12.2. The van der Waals surface area contributed by atoms with Gasteiger partial charge >= 0.3 is 10.1 Å². The SMILES string of the molecule is O=C(c1ccccc1F)N(Cc1ccc(F)cc1)Cc1ccccc1OS(=O)(=O)c1ccc(F)cc1. The Labute approximate surface area is 206 Å². The minimum Gasteiger partial charge on any atom is -0.379 e. The molecule has 5 nitrogen and oxygen atoms in total. The lowest BCUT2D eigenvalue weighted by atomic mass is 10.1. The Balaban J connectivity index is 1.67. The molecule has 0 unspecified atom stereocenters. The van der Waals surface area contributed by atoms with Crippen molar-refractivity contribution in [3.05, 3.63) is 131 Å².